The summed E-state index contributed by atoms with van der Waals surface area (Å²) in [5, 5.41) is 12.8. The zero-order valence-electron chi connectivity index (χ0n) is 33.3. The summed E-state index contributed by atoms with van der Waals surface area (Å²) in [6.07, 6.45) is -2.20. The number of carbonyl (C=O) groups excluding carboxylic acids is 1. The van der Waals surface area contributed by atoms with Crippen LogP contribution in [0.1, 0.15) is 55.6 Å². The number of piperazine rings is 2. The smallest absolute Gasteiger partial charge is 0.417 e. The van der Waals surface area contributed by atoms with Crippen LogP contribution in [0.5, 0.6) is 5.75 Å². The van der Waals surface area contributed by atoms with Gasteiger partial charge in [-0.2, -0.15) is 22.7 Å². The summed E-state index contributed by atoms with van der Waals surface area (Å²) in [7, 11) is -3.52. The summed E-state index contributed by atoms with van der Waals surface area (Å²) in [6, 6.07) is 15.7. The number of sulfonamides is 1. The molecule has 1 saturated carbocycles. The van der Waals surface area contributed by atoms with Crippen LogP contribution < -0.4 is 19.9 Å². The van der Waals surface area contributed by atoms with E-state index in [4.69, 9.17) is 21.1 Å². The van der Waals surface area contributed by atoms with Gasteiger partial charge in [0.25, 0.3) is 5.91 Å². The number of hydrogen-bond acceptors (Lipinski definition) is 10. The van der Waals surface area contributed by atoms with Crippen molar-refractivity contribution in [2.75, 3.05) is 87.7 Å². The molecule has 3 fully saturated rings. The zero-order valence-corrected chi connectivity index (χ0v) is 34.8. The summed E-state index contributed by atoms with van der Waals surface area (Å²) in [4.78, 5) is 23.4. The quantitative estimate of drug-likeness (QED) is 0.195. The highest BCUT2D eigenvalue weighted by atomic mass is 35.5. The minimum Gasteiger partial charge on any atom is -0.489 e. The average Bonchev–Trinajstić information content (AvgIpc) is 3.20. The Morgan fingerprint density at radius 1 is 0.914 bits per heavy atom. The molecule has 0 spiro atoms. The lowest BCUT2D eigenvalue weighted by Crippen LogP contribution is -2.74. The lowest BCUT2D eigenvalue weighted by atomic mass is 9.49. The van der Waals surface area contributed by atoms with E-state index in [9.17, 15) is 31.6 Å². The van der Waals surface area contributed by atoms with Crippen molar-refractivity contribution in [1.82, 2.24) is 19.5 Å². The molecule has 1 aromatic heterocycles. The monoisotopic (exact) mass is 845 g/mol. The molecule has 12 nitrogen and oxygen atoms in total. The van der Waals surface area contributed by atoms with Gasteiger partial charge in [-0.3, -0.25) is 14.7 Å². The van der Waals surface area contributed by atoms with Crippen molar-refractivity contribution in [2.24, 2.45) is 10.8 Å². The number of nitriles is 1. The van der Waals surface area contributed by atoms with Crippen LogP contribution in [0.15, 0.2) is 60.9 Å². The second-order valence-corrected chi connectivity index (χ2v) is 18.8. The van der Waals surface area contributed by atoms with Gasteiger partial charge in [-0.1, -0.05) is 39.3 Å². The van der Waals surface area contributed by atoms with Gasteiger partial charge in [-0.15, -0.1) is 0 Å². The first-order valence-corrected chi connectivity index (χ1v) is 21.5. The van der Waals surface area contributed by atoms with Gasteiger partial charge in [0, 0.05) is 106 Å². The van der Waals surface area contributed by atoms with Gasteiger partial charge in [-0.25, -0.2) is 8.42 Å². The molecule has 58 heavy (non-hydrogen) atoms. The molecule has 2 aromatic carbocycles. The zero-order chi connectivity index (χ0) is 41.9. The van der Waals surface area contributed by atoms with Crippen LogP contribution in [0.2, 0.25) is 5.02 Å². The molecule has 3 heterocycles. The third-order valence-electron chi connectivity index (χ3n) is 11.6. The Morgan fingerprint density at radius 3 is 2.17 bits per heavy atom. The number of pyridine rings is 1. The van der Waals surface area contributed by atoms with E-state index in [1.165, 1.54) is 10.5 Å². The molecule has 0 radical (unpaired) electrons. The number of alkyl halides is 3. The lowest BCUT2D eigenvalue weighted by molar-refractivity contribution is -0.164. The number of nitrogens with one attached hydrogen (secondary N) is 1. The number of amides is 1. The standard InChI is InChI=1S/C41H51ClF3N7O5S/c1-39(2)37(40(3,4)38(39)57-34-11-8-30(26-46)35(42)25-34)48-36(53)29-6-9-32(10-7-29)50-14-12-49(13-15-50)20-22-56-21-5-23-58(54,55)52-18-16-51(17-19-52)33-24-31(27-47-28-33)41(43,44)45/h6-11,24-25,27-28,37-38H,5,12-23H2,1-4H3,(H,48,53). The number of aromatic nitrogens is 1. The van der Waals surface area contributed by atoms with Crippen molar-refractivity contribution in [3.05, 3.63) is 82.6 Å². The predicted molar refractivity (Wildman–Crippen MR) is 217 cm³/mol. The highest BCUT2D eigenvalue weighted by Gasteiger charge is 2.64. The molecule has 314 valence electrons. The highest BCUT2D eigenvalue weighted by Crippen LogP contribution is 2.55. The first-order chi connectivity index (χ1) is 27.4. The average molecular weight is 846 g/mol. The molecule has 3 aromatic rings. The first-order valence-electron chi connectivity index (χ1n) is 19.5. The van der Waals surface area contributed by atoms with E-state index in [1.54, 1.807) is 23.1 Å². The third-order valence-corrected chi connectivity index (χ3v) is 13.9. The Balaban J connectivity index is 0.868. The molecular weight excluding hydrogens is 795 g/mol. The molecule has 6 rings (SSSR count). The molecule has 1 aliphatic carbocycles. The van der Waals surface area contributed by atoms with E-state index in [-0.39, 0.29) is 60.8 Å². The normalized spacial score (nSPS) is 21.2. The molecule has 2 saturated heterocycles. The van der Waals surface area contributed by atoms with Crippen LogP contribution in [-0.4, -0.2) is 119 Å². The first kappa shape index (κ1) is 43.4. The highest BCUT2D eigenvalue weighted by molar-refractivity contribution is 7.89. The predicted octanol–water partition coefficient (Wildman–Crippen LogP) is 5.92. The van der Waals surface area contributed by atoms with Gasteiger partial charge in [0.15, 0.2) is 0 Å². The Hall–Kier alpha value is -4.14. The maximum absolute atomic E-state index is 13.4. The van der Waals surface area contributed by atoms with Crippen molar-refractivity contribution >= 4 is 38.9 Å². The van der Waals surface area contributed by atoms with E-state index in [1.807, 2.05) is 24.3 Å². The number of anilines is 2. The van der Waals surface area contributed by atoms with Crippen molar-refractivity contribution in [2.45, 2.75) is 52.4 Å². The van der Waals surface area contributed by atoms with Crippen molar-refractivity contribution in [3.8, 4) is 11.8 Å². The summed E-state index contributed by atoms with van der Waals surface area (Å²) < 4.78 is 78.7. The molecule has 17 heteroatoms. The van der Waals surface area contributed by atoms with Crippen LogP contribution in [-0.2, 0) is 20.9 Å². The topological polar surface area (TPSA) is 131 Å². The second kappa shape index (κ2) is 17.6. The van der Waals surface area contributed by atoms with Crippen molar-refractivity contribution < 1.29 is 35.9 Å². The number of nitrogens with zero attached hydrogens (tertiary/aromatic N) is 6. The Bertz CT molecular complexity index is 2050. The van der Waals surface area contributed by atoms with Crippen LogP contribution in [0.25, 0.3) is 0 Å². The van der Waals surface area contributed by atoms with Gasteiger partial charge in [0.05, 0.1) is 40.4 Å². The van der Waals surface area contributed by atoms with Crippen LogP contribution >= 0.6 is 11.6 Å². The summed E-state index contributed by atoms with van der Waals surface area (Å²) in [6.45, 7) is 14.1. The minimum absolute atomic E-state index is 0.0553. The molecule has 3 aliphatic rings. The Morgan fingerprint density at radius 2 is 1.55 bits per heavy atom. The second-order valence-electron chi connectivity index (χ2n) is 16.3. The van der Waals surface area contributed by atoms with Crippen LogP contribution in [0.3, 0.4) is 0 Å². The molecule has 0 atom stereocenters. The number of hydrogen-bond donors (Lipinski definition) is 1. The fraction of sp³-hybridized carbons (Fsp3) is 0.537. The fourth-order valence-corrected chi connectivity index (χ4v) is 10.3. The van der Waals surface area contributed by atoms with E-state index >= 15 is 0 Å². The van der Waals surface area contributed by atoms with Gasteiger partial charge in [-0.05, 0) is 48.9 Å². The van der Waals surface area contributed by atoms with Crippen LogP contribution in [0, 0.1) is 22.2 Å². The largest absolute Gasteiger partial charge is 0.489 e. The van der Waals surface area contributed by atoms with Crippen LogP contribution in [0.4, 0.5) is 24.5 Å². The van der Waals surface area contributed by atoms with Gasteiger partial charge >= 0.3 is 6.18 Å². The van der Waals surface area contributed by atoms with Gasteiger partial charge in [0.2, 0.25) is 10.0 Å². The fourth-order valence-electron chi connectivity index (χ4n) is 8.61. The molecule has 0 bridgehead atoms. The number of ether oxygens (including phenoxy) is 2. The van der Waals surface area contributed by atoms with E-state index in [0.29, 0.717) is 47.2 Å². The number of halogens is 4. The maximum atomic E-state index is 13.4. The lowest BCUT2D eigenvalue weighted by Gasteiger charge is -2.63. The van der Waals surface area contributed by atoms with Crippen molar-refractivity contribution in [1.29, 1.82) is 5.26 Å². The maximum Gasteiger partial charge on any atom is 0.417 e. The number of rotatable bonds is 14. The SMILES string of the molecule is CC1(C)C(NC(=O)c2ccc(N3CCN(CCOCCCS(=O)(=O)N4CCN(c5cncc(C(F)(F)F)c5)CC4)CC3)cc2)C(C)(C)C1Oc1ccc(C#N)c(Cl)c1. The summed E-state index contributed by atoms with van der Waals surface area (Å²) in [5.41, 5.74) is 0.766. The van der Waals surface area contributed by atoms with Gasteiger partial charge < -0.3 is 24.6 Å². The molecule has 2 aliphatic heterocycles. The van der Waals surface area contributed by atoms with Crippen molar-refractivity contribution in [3.63, 3.8) is 0 Å². The molecule has 1 N–H and O–H groups in total. The molecular formula is C41H51ClF3N7O5S. The molecule has 1 amide bonds. The summed E-state index contributed by atoms with van der Waals surface area (Å²) >= 11 is 6.23. The third kappa shape index (κ3) is 9.82. The minimum atomic E-state index is -4.49. The van der Waals surface area contributed by atoms with E-state index < -0.39 is 21.8 Å². The Labute approximate surface area is 343 Å². The van der Waals surface area contributed by atoms with E-state index in [2.05, 4.69) is 53.9 Å². The number of carbonyl (C=O) groups is 1. The van der Waals surface area contributed by atoms with E-state index in [0.717, 1.165) is 50.7 Å². The Kier molecular flexibility index (Phi) is 13.2. The molecule has 0 unspecified atom stereocenters. The summed E-state index contributed by atoms with van der Waals surface area (Å²) in [5.74, 6) is 0.381. The van der Waals surface area contributed by atoms with Gasteiger partial charge in [0.1, 0.15) is 17.9 Å². The number of benzene rings is 2.